The van der Waals surface area contributed by atoms with Crippen molar-refractivity contribution in [2.75, 3.05) is 78.8 Å². The highest BCUT2D eigenvalue weighted by atomic mass is 16.5. The number of amides is 2. The fourth-order valence-corrected chi connectivity index (χ4v) is 2.92. The van der Waals surface area contributed by atoms with Gasteiger partial charge in [-0.05, 0) is 19.3 Å². The molecular formula is C17H32N4O4. The van der Waals surface area contributed by atoms with Gasteiger partial charge in [-0.1, -0.05) is 0 Å². The Morgan fingerprint density at radius 1 is 0.680 bits per heavy atom. The van der Waals surface area contributed by atoms with Gasteiger partial charge in [-0.3, -0.25) is 19.4 Å². The summed E-state index contributed by atoms with van der Waals surface area (Å²) in [5, 5.41) is 5.91. The Hall–Kier alpha value is -1.22. The second-order valence-electron chi connectivity index (χ2n) is 6.54. The van der Waals surface area contributed by atoms with Crippen molar-refractivity contribution < 1.29 is 19.1 Å². The highest BCUT2D eigenvalue weighted by Gasteiger charge is 2.14. The number of nitrogens with one attached hydrogen (secondary N) is 2. The summed E-state index contributed by atoms with van der Waals surface area (Å²) in [4.78, 5) is 27.9. The van der Waals surface area contributed by atoms with E-state index >= 15 is 0 Å². The molecule has 2 amide bonds. The quantitative estimate of drug-likeness (QED) is 0.491. The van der Waals surface area contributed by atoms with Crippen LogP contribution in [0.15, 0.2) is 0 Å². The Labute approximate surface area is 150 Å². The number of morpholine rings is 2. The molecule has 0 atom stereocenters. The minimum absolute atomic E-state index is 0.0840. The summed E-state index contributed by atoms with van der Waals surface area (Å²) in [5.74, 6) is 0.168. The van der Waals surface area contributed by atoms with Gasteiger partial charge in [0.15, 0.2) is 0 Å². The van der Waals surface area contributed by atoms with Crippen molar-refractivity contribution in [1.82, 2.24) is 20.4 Å². The number of hydrogen-bond acceptors (Lipinski definition) is 6. The fourth-order valence-electron chi connectivity index (χ4n) is 2.92. The van der Waals surface area contributed by atoms with Crippen molar-refractivity contribution >= 4 is 11.8 Å². The lowest BCUT2D eigenvalue weighted by molar-refractivity contribution is -0.124. The van der Waals surface area contributed by atoms with E-state index in [1.165, 1.54) is 0 Å². The third kappa shape index (κ3) is 9.15. The van der Waals surface area contributed by atoms with E-state index in [-0.39, 0.29) is 11.8 Å². The molecule has 0 radical (unpaired) electrons. The summed E-state index contributed by atoms with van der Waals surface area (Å²) in [7, 11) is 0. The van der Waals surface area contributed by atoms with Crippen molar-refractivity contribution in [3.8, 4) is 0 Å². The first kappa shape index (κ1) is 20.1. The van der Waals surface area contributed by atoms with Crippen molar-refractivity contribution in [2.45, 2.75) is 19.3 Å². The molecule has 2 fully saturated rings. The number of nitrogens with zero attached hydrogens (tertiary/aromatic N) is 2. The monoisotopic (exact) mass is 356 g/mol. The SMILES string of the molecule is O=C(CN1CCOCC1)NCCCCCNC(=O)CN1CCOCC1. The first-order chi connectivity index (χ1) is 12.2. The molecule has 0 aliphatic carbocycles. The molecule has 0 saturated carbocycles. The Bertz CT molecular complexity index is 360. The average Bonchev–Trinajstić information content (AvgIpc) is 2.62. The number of carbonyl (C=O) groups is 2. The highest BCUT2D eigenvalue weighted by molar-refractivity contribution is 5.78. The molecule has 2 aliphatic rings. The number of ether oxygens (including phenoxy) is 2. The maximum absolute atomic E-state index is 11.8. The van der Waals surface area contributed by atoms with Crippen LogP contribution in [-0.4, -0.2) is 100 Å². The standard InChI is InChI=1S/C17H32N4O4/c22-16(14-20-6-10-24-11-7-20)18-4-2-1-3-5-19-17(23)15-21-8-12-25-13-9-21/h1-15H2,(H,18,22)(H,19,23). The van der Waals surface area contributed by atoms with Gasteiger partial charge in [-0.15, -0.1) is 0 Å². The predicted octanol–water partition coefficient (Wildman–Crippen LogP) is -0.946. The maximum Gasteiger partial charge on any atom is 0.234 e. The van der Waals surface area contributed by atoms with Gasteiger partial charge >= 0.3 is 0 Å². The third-order valence-electron chi connectivity index (χ3n) is 4.44. The van der Waals surface area contributed by atoms with Crippen molar-refractivity contribution in [3.05, 3.63) is 0 Å². The van der Waals surface area contributed by atoms with Crippen LogP contribution in [0, 0.1) is 0 Å². The Balaban J connectivity index is 1.38. The zero-order chi connectivity index (χ0) is 17.7. The molecule has 8 nitrogen and oxygen atoms in total. The number of carbonyl (C=O) groups excluding carboxylic acids is 2. The van der Waals surface area contributed by atoms with Gasteiger partial charge in [0, 0.05) is 39.3 Å². The van der Waals surface area contributed by atoms with Crippen LogP contribution in [0.5, 0.6) is 0 Å². The van der Waals surface area contributed by atoms with E-state index in [9.17, 15) is 9.59 Å². The van der Waals surface area contributed by atoms with Gasteiger partial charge in [0.25, 0.3) is 0 Å². The van der Waals surface area contributed by atoms with Crippen LogP contribution in [0.3, 0.4) is 0 Å². The lowest BCUT2D eigenvalue weighted by Crippen LogP contribution is -2.43. The van der Waals surface area contributed by atoms with Crippen LogP contribution in [-0.2, 0) is 19.1 Å². The Kier molecular flexibility index (Phi) is 9.79. The number of hydrogen-bond donors (Lipinski definition) is 2. The normalized spacial score (nSPS) is 19.5. The van der Waals surface area contributed by atoms with E-state index in [1.807, 2.05) is 0 Å². The third-order valence-corrected chi connectivity index (χ3v) is 4.44. The summed E-state index contributed by atoms with van der Waals surface area (Å²) >= 11 is 0. The molecule has 2 rings (SSSR count). The van der Waals surface area contributed by atoms with Gasteiger partial charge in [0.05, 0.1) is 39.5 Å². The lowest BCUT2D eigenvalue weighted by atomic mass is 10.2. The molecule has 8 heteroatoms. The molecule has 0 aromatic carbocycles. The molecular weight excluding hydrogens is 324 g/mol. The summed E-state index contributed by atoms with van der Waals surface area (Å²) < 4.78 is 10.5. The van der Waals surface area contributed by atoms with Crippen molar-refractivity contribution in [2.24, 2.45) is 0 Å². The summed E-state index contributed by atoms with van der Waals surface area (Å²) in [6.07, 6.45) is 2.87. The number of unbranched alkanes of at least 4 members (excludes halogenated alkanes) is 2. The molecule has 0 aromatic heterocycles. The molecule has 0 spiro atoms. The molecule has 0 unspecified atom stereocenters. The number of rotatable bonds is 10. The molecule has 2 saturated heterocycles. The smallest absolute Gasteiger partial charge is 0.234 e. The average molecular weight is 356 g/mol. The van der Waals surface area contributed by atoms with Gasteiger partial charge < -0.3 is 20.1 Å². The van der Waals surface area contributed by atoms with E-state index in [0.29, 0.717) is 52.6 Å². The first-order valence-electron chi connectivity index (χ1n) is 9.37. The van der Waals surface area contributed by atoms with E-state index in [1.54, 1.807) is 0 Å². The van der Waals surface area contributed by atoms with Gasteiger partial charge in [-0.2, -0.15) is 0 Å². The van der Waals surface area contributed by atoms with Crippen LogP contribution < -0.4 is 10.6 Å². The molecule has 2 heterocycles. The van der Waals surface area contributed by atoms with E-state index in [0.717, 1.165) is 45.4 Å². The Morgan fingerprint density at radius 3 is 1.48 bits per heavy atom. The van der Waals surface area contributed by atoms with Crippen LogP contribution in [0.2, 0.25) is 0 Å². The second-order valence-corrected chi connectivity index (χ2v) is 6.54. The zero-order valence-electron chi connectivity index (χ0n) is 15.1. The largest absolute Gasteiger partial charge is 0.379 e. The zero-order valence-corrected chi connectivity index (χ0v) is 15.1. The maximum atomic E-state index is 11.8. The molecule has 2 aliphatic heterocycles. The van der Waals surface area contributed by atoms with E-state index in [4.69, 9.17) is 9.47 Å². The summed E-state index contributed by atoms with van der Waals surface area (Å²) in [6.45, 7) is 8.49. The van der Waals surface area contributed by atoms with Crippen molar-refractivity contribution in [1.29, 1.82) is 0 Å². The summed E-state index contributed by atoms with van der Waals surface area (Å²) in [5.41, 5.74) is 0. The van der Waals surface area contributed by atoms with Crippen LogP contribution in [0.4, 0.5) is 0 Å². The molecule has 2 N–H and O–H groups in total. The van der Waals surface area contributed by atoms with Gasteiger partial charge in [0.2, 0.25) is 11.8 Å². The van der Waals surface area contributed by atoms with E-state index < -0.39 is 0 Å². The van der Waals surface area contributed by atoms with E-state index in [2.05, 4.69) is 20.4 Å². The highest BCUT2D eigenvalue weighted by Crippen LogP contribution is 1.98. The van der Waals surface area contributed by atoms with Crippen LogP contribution in [0.25, 0.3) is 0 Å². The molecule has 0 bridgehead atoms. The molecule has 25 heavy (non-hydrogen) atoms. The first-order valence-corrected chi connectivity index (χ1v) is 9.37. The molecule has 144 valence electrons. The van der Waals surface area contributed by atoms with Crippen molar-refractivity contribution in [3.63, 3.8) is 0 Å². The van der Waals surface area contributed by atoms with Crippen LogP contribution in [0.1, 0.15) is 19.3 Å². The molecule has 0 aromatic rings. The van der Waals surface area contributed by atoms with Crippen LogP contribution >= 0.6 is 0 Å². The summed E-state index contributed by atoms with van der Waals surface area (Å²) in [6, 6.07) is 0. The topological polar surface area (TPSA) is 83.1 Å². The predicted molar refractivity (Wildman–Crippen MR) is 94.4 cm³/mol. The van der Waals surface area contributed by atoms with Gasteiger partial charge in [-0.25, -0.2) is 0 Å². The lowest BCUT2D eigenvalue weighted by Gasteiger charge is -2.25. The fraction of sp³-hybridized carbons (Fsp3) is 0.882. The van der Waals surface area contributed by atoms with Gasteiger partial charge in [0.1, 0.15) is 0 Å². The second kappa shape index (κ2) is 12.2. The minimum atomic E-state index is 0.0840. The minimum Gasteiger partial charge on any atom is -0.379 e. The Morgan fingerprint density at radius 2 is 1.08 bits per heavy atom.